The molecule has 0 aromatic heterocycles. The lowest BCUT2D eigenvalue weighted by atomic mass is 10.1. The van der Waals surface area contributed by atoms with Crippen LogP contribution in [0.15, 0.2) is 35.2 Å². The highest BCUT2D eigenvalue weighted by atomic mass is 35.5. The van der Waals surface area contributed by atoms with Gasteiger partial charge in [0.05, 0.1) is 37.4 Å². The Bertz CT molecular complexity index is 1750. The molecule has 58 heavy (non-hydrogen) atoms. The maximum atomic E-state index is 13.4. The topological polar surface area (TPSA) is 166 Å². The van der Waals surface area contributed by atoms with Gasteiger partial charge in [0, 0.05) is 67.5 Å². The maximum Gasteiger partial charge on any atom is 0.314 e. The van der Waals surface area contributed by atoms with E-state index in [-0.39, 0.29) is 35.1 Å². The normalized spacial score (nSPS) is 19.7. The van der Waals surface area contributed by atoms with Crippen molar-refractivity contribution in [2.24, 2.45) is 0 Å². The number of likely N-dealkylation sites (tertiary alicyclic amines) is 2. The van der Waals surface area contributed by atoms with Crippen molar-refractivity contribution in [3.05, 3.63) is 57.1 Å². The van der Waals surface area contributed by atoms with Gasteiger partial charge in [0.25, 0.3) is 0 Å². The molecule has 0 spiro atoms. The van der Waals surface area contributed by atoms with Crippen LogP contribution in [0.4, 0.5) is 9.59 Å². The van der Waals surface area contributed by atoms with Crippen LogP contribution in [0.1, 0.15) is 54.9 Å². The summed E-state index contributed by atoms with van der Waals surface area (Å²) in [6, 6.07) is 7.94. The number of rotatable bonds is 23. The number of unbranched alkanes of at least 4 members (excludes halogenated alkanes) is 1. The number of nitrogens with one attached hydrogen (secondary N) is 5. The number of fused-ring (bicyclic) bond motifs is 1. The van der Waals surface area contributed by atoms with Gasteiger partial charge < -0.3 is 45.3 Å². The largest absolute Gasteiger partial charge is 0.484 e. The third kappa shape index (κ3) is 14.4. The number of nitrogens with zero attached hydrogens (tertiary/aromatic N) is 3. The van der Waals surface area contributed by atoms with E-state index in [0.717, 1.165) is 56.6 Å². The number of carbonyl (C=O) groups excluding carboxylic acids is 2. The molecule has 2 aromatic carbocycles. The van der Waals surface area contributed by atoms with Gasteiger partial charge in [0.15, 0.2) is 0 Å². The Morgan fingerprint density at radius 1 is 0.828 bits per heavy atom. The molecule has 2 aliphatic heterocycles. The second kappa shape index (κ2) is 23.2. The van der Waals surface area contributed by atoms with Gasteiger partial charge in [-0.2, -0.15) is 0 Å². The summed E-state index contributed by atoms with van der Waals surface area (Å²) in [5, 5.41) is 12.4. The quantitative estimate of drug-likeness (QED) is 0.104. The lowest BCUT2D eigenvalue weighted by Gasteiger charge is -2.28. The molecule has 15 nitrogen and oxygen atoms in total. The van der Waals surface area contributed by atoms with Gasteiger partial charge >= 0.3 is 12.1 Å². The number of amides is 4. The van der Waals surface area contributed by atoms with Crippen molar-refractivity contribution < 1.29 is 32.2 Å². The van der Waals surface area contributed by atoms with E-state index in [0.29, 0.717) is 93.5 Å². The number of aryl methyl sites for hydroxylation is 1. The minimum absolute atomic E-state index is 0.0400. The van der Waals surface area contributed by atoms with E-state index in [1.54, 1.807) is 24.3 Å². The molecule has 2 fully saturated rings. The van der Waals surface area contributed by atoms with Gasteiger partial charge in [-0.15, -0.1) is 0 Å². The molecule has 2 heterocycles. The number of hydrogen-bond acceptors (Lipinski definition) is 10. The first-order valence-electron chi connectivity index (χ1n) is 20.5. The molecule has 0 bridgehead atoms. The van der Waals surface area contributed by atoms with Crippen molar-refractivity contribution in [3.8, 4) is 5.75 Å². The summed E-state index contributed by atoms with van der Waals surface area (Å²) >= 11 is 12.9. The standard InChI is InChI=1S/C40H62Cl2N8O7S/c1-29-24-32(8-9-37(29)57-38-34-25-30(41)26-35(42)33(34)27-36(38)48(2)3)58(53,54)47-31-10-17-50(28-31)19-23-56-21-14-46-40(52)44-12-5-4-11-43-39(51)45-13-20-55-22-18-49-15-6-7-16-49/h8-9,24-26,31,36,38,47H,4-7,10-23,27-28H2,1-3H3,(H2,43,45,51)(H2,44,46,52)/t31-,36-,38-/m0/s1. The van der Waals surface area contributed by atoms with Crippen molar-refractivity contribution in [2.45, 2.75) is 68.5 Å². The van der Waals surface area contributed by atoms with E-state index in [1.165, 1.54) is 12.8 Å². The van der Waals surface area contributed by atoms with Crippen LogP contribution in [-0.2, 0) is 25.9 Å². The Balaban J connectivity index is 0.888. The zero-order valence-corrected chi connectivity index (χ0v) is 36.5. The summed E-state index contributed by atoms with van der Waals surface area (Å²) in [6.07, 6.45) is 5.11. The van der Waals surface area contributed by atoms with E-state index < -0.39 is 10.0 Å². The van der Waals surface area contributed by atoms with Gasteiger partial charge in [0.2, 0.25) is 10.0 Å². The highest BCUT2D eigenvalue weighted by Crippen LogP contribution is 2.42. The second-order valence-corrected chi connectivity index (χ2v) is 18.0. The monoisotopic (exact) mass is 868 g/mol. The molecule has 2 saturated heterocycles. The zero-order valence-electron chi connectivity index (χ0n) is 34.1. The van der Waals surface area contributed by atoms with Crippen molar-refractivity contribution in [3.63, 3.8) is 0 Å². The minimum Gasteiger partial charge on any atom is -0.484 e. The van der Waals surface area contributed by atoms with Crippen molar-refractivity contribution in [1.29, 1.82) is 0 Å². The fraction of sp³-hybridized carbons (Fsp3) is 0.650. The summed E-state index contributed by atoms with van der Waals surface area (Å²) in [4.78, 5) is 30.9. The Kier molecular flexibility index (Phi) is 18.4. The molecule has 1 aliphatic carbocycles. The van der Waals surface area contributed by atoms with Gasteiger partial charge in [-0.3, -0.25) is 4.90 Å². The van der Waals surface area contributed by atoms with Gasteiger partial charge in [-0.1, -0.05) is 23.2 Å². The fourth-order valence-corrected chi connectivity index (χ4v) is 9.47. The van der Waals surface area contributed by atoms with E-state index in [2.05, 4.69) is 40.7 Å². The number of likely N-dealkylation sites (N-methyl/N-ethyl adjacent to an activating group) is 1. The number of sulfonamides is 1. The van der Waals surface area contributed by atoms with Crippen LogP contribution in [-0.4, -0.2) is 153 Å². The Hall–Kier alpha value is -2.93. The third-order valence-corrected chi connectivity index (χ3v) is 12.8. The van der Waals surface area contributed by atoms with Crippen LogP contribution >= 0.6 is 23.2 Å². The van der Waals surface area contributed by atoms with Gasteiger partial charge in [-0.05, 0) is 121 Å². The third-order valence-electron chi connectivity index (χ3n) is 10.8. The molecule has 0 unspecified atom stereocenters. The lowest BCUT2D eigenvalue weighted by molar-refractivity contribution is 0.110. The summed E-state index contributed by atoms with van der Waals surface area (Å²) in [5.41, 5.74) is 2.67. The molecule has 5 rings (SSSR count). The molecule has 3 aliphatic rings. The highest BCUT2D eigenvalue weighted by Gasteiger charge is 2.38. The number of halogens is 2. The van der Waals surface area contributed by atoms with E-state index in [9.17, 15) is 18.0 Å². The van der Waals surface area contributed by atoms with E-state index in [4.69, 9.17) is 37.4 Å². The molecule has 0 radical (unpaired) electrons. The van der Waals surface area contributed by atoms with Crippen LogP contribution in [0.5, 0.6) is 5.75 Å². The summed E-state index contributed by atoms with van der Waals surface area (Å²) < 4.78 is 47.5. The zero-order chi connectivity index (χ0) is 41.5. The number of carbonyl (C=O) groups is 2. The maximum absolute atomic E-state index is 13.4. The first kappa shape index (κ1) is 46.1. The number of ether oxygens (including phenoxy) is 3. The average Bonchev–Trinajstić information content (AvgIpc) is 3.94. The summed E-state index contributed by atoms with van der Waals surface area (Å²) in [6.45, 7) is 11.0. The van der Waals surface area contributed by atoms with Crippen LogP contribution < -0.4 is 30.7 Å². The Morgan fingerprint density at radius 2 is 1.45 bits per heavy atom. The average molecular weight is 870 g/mol. The minimum atomic E-state index is -3.76. The van der Waals surface area contributed by atoms with E-state index in [1.807, 2.05) is 27.1 Å². The van der Waals surface area contributed by atoms with Crippen LogP contribution in [0.25, 0.3) is 0 Å². The molecular formula is C40H62Cl2N8O7S. The molecule has 2 aromatic rings. The molecule has 0 saturated carbocycles. The van der Waals surface area contributed by atoms with Gasteiger partial charge in [-0.25, -0.2) is 22.7 Å². The number of urea groups is 2. The van der Waals surface area contributed by atoms with Crippen LogP contribution in [0, 0.1) is 6.92 Å². The lowest BCUT2D eigenvalue weighted by Crippen LogP contribution is -2.39. The van der Waals surface area contributed by atoms with Crippen molar-refractivity contribution >= 4 is 45.3 Å². The SMILES string of the molecule is Cc1cc(S(=O)(=O)N[C@H]2CCN(CCOCCNC(=O)NCCCCNC(=O)NCCOCCN3CCCC3)C2)ccc1O[C@H]1c2cc(Cl)cc(Cl)c2C[C@@H]1N(C)C. The predicted octanol–water partition coefficient (Wildman–Crippen LogP) is 3.77. The summed E-state index contributed by atoms with van der Waals surface area (Å²) in [7, 11) is 0.241. The molecular weight excluding hydrogens is 807 g/mol. The molecule has 5 N–H and O–H groups in total. The molecule has 3 atom stereocenters. The second-order valence-electron chi connectivity index (χ2n) is 15.4. The molecule has 18 heteroatoms. The predicted molar refractivity (Wildman–Crippen MR) is 227 cm³/mol. The molecule has 4 amide bonds. The summed E-state index contributed by atoms with van der Waals surface area (Å²) in [5.74, 6) is 0.602. The Labute approximate surface area is 354 Å². The first-order chi connectivity index (χ1) is 27.9. The Morgan fingerprint density at radius 3 is 2.07 bits per heavy atom. The van der Waals surface area contributed by atoms with Crippen molar-refractivity contribution in [1.82, 2.24) is 40.7 Å². The number of hydrogen-bond donors (Lipinski definition) is 5. The highest BCUT2D eigenvalue weighted by molar-refractivity contribution is 7.89. The van der Waals surface area contributed by atoms with E-state index >= 15 is 0 Å². The van der Waals surface area contributed by atoms with Gasteiger partial charge in [0.1, 0.15) is 11.9 Å². The number of benzene rings is 2. The molecule has 324 valence electrons. The first-order valence-corrected chi connectivity index (χ1v) is 22.7. The van der Waals surface area contributed by atoms with Crippen LogP contribution in [0.2, 0.25) is 10.0 Å². The van der Waals surface area contributed by atoms with Crippen molar-refractivity contribution in [2.75, 3.05) is 106 Å². The fourth-order valence-electron chi connectivity index (χ4n) is 7.54. The smallest absolute Gasteiger partial charge is 0.314 e. The van der Waals surface area contributed by atoms with Crippen LogP contribution in [0.3, 0.4) is 0 Å².